The normalized spacial score (nSPS) is 10.5. The van der Waals surface area contributed by atoms with Crippen molar-refractivity contribution >= 4 is 40.5 Å². The fraction of sp³-hybridized carbons (Fsp3) is 0. The highest BCUT2D eigenvalue weighted by Crippen LogP contribution is 2.32. The molecule has 0 bridgehead atoms. The van der Waals surface area contributed by atoms with Crippen molar-refractivity contribution in [2.75, 3.05) is 5.32 Å². The van der Waals surface area contributed by atoms with Gasteiger partial charge in [-0.1, -0.05) is 23.7 Å². The van der Waals surface area contributed by atoms with Crippen molar-refractivity contribution in [1.82, 2.24) is 9.97 Å². The Labute approximate surface area is 154 Å². The van der Waals surface area contributed by atoms with Crippen LogP contribution in [0.1, 0.15) is 20.8 Å². The molecule has 0 spiro atoms. The summed E-state index contributed by atoms with van der Waals surface area (Å²) in [6.45, 7) is 0. The van der Waals surface area contributed by atoms with Crippen molar-refractivity contribution in [1.29, 1.82) is 0 Å². The lowest BCUT2D eigenvalue weighted by Gasteiger charge is -2.08. The third kappa shape index (κ3) is 3.30. The van der Waals surface area contributed by atoms with Crippen LogP contribution in [0, 0.1) is 0 Å². The van der Waals surface area contributed by atoms with Gasteiger partial charge in [0.1, 0.15) is 0 Å². The Kier molecular flexibility index (Phi) is 4.74. The summed E-state index contributed by atoms with van der Waals surface area (Å²) >= 11 is 7.12. The zero-order valence-corrected chi connectivity index (χ0v) is 14.4. The maximum atomic E-state index is 12.4. The number of carbonyl (C=O) groups is 2. The molecule has 1 amide bonds. The van der Waals surface area contributed by atoms with Crippen LogP contribution in [0.3, 0.4) is 0 Å². The van der Waals surface area contributed by atoms with Gasteiger partial charge in [-0.3, -0.25) is 9.59 Å². The standard InChI is InChI=1S/C16H10ClN3O5S/c17-8-4-2-1-3-7(8)14(22)18-9-5-6-26-12(9)13-19-10(16(24)25)11(21)15(23)20-13/h1-6,21H,(H,18,22)(H,24,25)(H,19,20,23). The average molecular weight is 392 g/mol. The number of carboxylic acids is 1. The molecular formula is C16H10ClN3O5S. The highest BCUT2D eigenvalue weighted by molar-refractivity contribution is 7.14. The summed E-state index contributed by atoms with van der Waals surface area (Å²) in [6.07, 6.45) is 0. The first-order chi connectivity index (χ1) is 12.4. The zero-order valence-electron chi connectivity index (χ0n) is 12.8. The zero-order chi connectivity index (χ0) is 18.8. The Balaban J connectivity index is 2.00. The van der Waals surface area contributed by atoms with Gasteiger partial charge in [0.05, 0.1) is 21.2 Å². The lowest BCUT2D eigenvalue weighted by Crippen LogP contribution is -2.16. The maximum Gasteiger partial charge on any atom is 0.358 e. The van der Waals surface area contributed by atoms with E-state index >= 15 is 0 Å². The van der Waals surface area contributed by atoms with E-state index in [4.69, 9.17) is 16.7 Å². The van der Waals surface area contributed by atoms with Gasteiger partial charge in [-0.25, -0.2) is 9.78 Å². The van der Waals surface area contributed by atoms with E-state index < -0.39 is 28.9 Å². The molecule has 0 aliphatic heterocycles. The monoisotopic (exact) mass is 391 g/mol. The molecule has 0 aliphatic rings. The number of thiophene rings is 1. The van der Waals surface area contributed by atoms with Gasteiger partial charge in [0.2, 0.25) is 5.75 Å². The van der Waals surface area contributed by atoms with Crippen LogP contribution in [0.5, 0.6) is 5.75 Å². The van der Waals surface area contributed by atoms with Crippen LogP contribution in [0.2, 0.25) is 5.02 Å². The summed E-state index contributed by atoms with van der Waals surface area (Å²) in [5, 5.41) is 23.1. The Bertz CT molecular complexity index is 1080. The Hall–Kier alpha value is -3.17. The van der Waals surface area contributed by atoms with Gasteiger partial charge in [-0.15, -0.1) is 11.3 Å². The first kappa shape index (κ1) is 17.6. The summed E-state index contributed by atoms with van der Waals surface area (Å²) in [7, 11) is 0. The van der Waals surface area contributed by atoms with Crippen LogP contribution in [-0.2, 0) is 0 Å². The Morgan fingerprint density at radius 2 is 1.96 bits per heavy atom. The van der Waals surface area contributed by atoms with Crippen molar-refractivity contribution in [2.24, 2.45) is 0 Å². The molecule has 0 radical (unpaired) electrons. The number of aromatic nitrogens is 2. The summed E-state index contributed by atoms with van der Waals surface area (Å²) in [6, 6.07) is 8.04. The predicted octanol–water partition coefficient (Wildman–Crippen LogP) is 2.81. The SMILES string of the molecule is O=C(Nc1ccsc1-c1nc(C(=O)O)c(O)c(=O)[nH]1)c1ccccc1Cl. The molecule has 4 N–H and O–H groups in total. The number of carboxylic acid groups (broad SMARTS) is 1. The number of hydrogen-bond acceptors (Lipinski definition) is 6. The smallest absolute Gasteiger partial charge is 0.358 e. The minimum Gasteiger partial charge on any atom is -0.501 e. The first-order valence-corrected chi connectivity index (χ1v) is 8.34. The first-order valence-electron chi connectivity index (χ1n) is 7.08. The topological polar surface area (TPSA) is 132 Å². The summed E-state index contributed by atoms with van der Waals surface area (Å²) in [5.74, 6) is -3.10. The van der Waals surface area contributed by atoms with Crippen molar-refractivity contribution in [3.63, 3.8) is 0 Å². The molecule has 0 unspecified atom stereocenters. The highest BCUT2D eigenvalue weighted by atomic mass is 35.5. The van der Waals surface area contributed by atoms with Crippen molar-refractivity contribution in [3.8, 4) is 16.5 Å². The number of rotatable bonds is 4. The van der Waals surface area contributed by atoms with Gasteiger partial charge >= 0.3 is 5.97 Å². The molecule has 132 valence electrons. The van der Waals surface area contributed by atoms with E-state index in [1.54, 1.807) is 35.7 Å². The number of hydrogen-bond donors (Lipinski definition) is 4. The second kappa shape index (κ2) is 6.98. The minimum atomic E-state index is -1.55. The number of aromatic hydroxyl groups is 1. The number of carbonyl (C=O) groups excluding carboxylic acids is 1. The van der Waals surface area contributed by atoms with E-state index in [9.17, 15) is 19.5 Å². The molecule has 0 atom stereocenters. The van der Waals surface area contributed by atoms with Crippen LogP contribution in [-0.4, -0.2) is 32.1 Å². The van der Waals surface area contributed by atoms with Gasteiger partial charge in [0.25, 0.3) is 11.5 Å². The van der Waals surface area contributed by atoms with E-state index in [2.05, 4.69) is 15.3 Å². The molecule has 3 rings (SSSR count). The second-order valence-corrected chi connectivity index (χ2v) is 6.34. The van der Waals surface area contributed by atoms with E-state index in [1.807, 2.05) is 0 Å². The minimum absolute atomic E-state index is 0.0883. The maximum absolute atomic E-state index is 12.4. The van der Waals surface area contributed by atoms with Gasteiger partial charge in [0.15, 0.2) is 11.5 Å². The van der Waals surface area contributed by atoms with Crippen molar-refractivity contribution in [2.45, 2.75) is 0 Å². The molecule has 8 nitrogen and oxygen atoms in total. The van der Waals surface area contributed by atoms with Gasteiger partial charge in [0, 0.05) is 0 Å². The molecule has 0 saturated carbocycles. The number of anilines is 1. The highest BCUT2D eigenvalue weighted by Gasteiger charge is 2.20. The fourth-order valence-electron chi connectivity index (χ4n) is 2.15. The third-order valence-corrected chi connectivity index (χ3v) is 4.60. The molecule has 1 aromatic carbocycles. The molecule has 0 aliphatic carbocycles. The summed E-state index contributed by atoms with van der Waals surface area (Å²) < 4.78 is 0. The Morgan fingerprint density at radius 3 is 2.65 bits per heavy atom. The van der Waals surface area contributed by atoms with E-state index in [0.29, 0.717) is 10.6 Å². The summed E-state index contributed by atoms with van der Waals surface area (Å²) in [5.41, 5.74) is -1.21. The molecule has 26 heavy (non-hydrogen) atoms. The number of amides is 1. The molecule has 3 aromatic rings. The molecular weight excluding hydrogens is 382 g/mol. The summed E-state index contributed by atoms with van der Waals surface area (Å²) in [4.78, 5) is 41.6. The number of aromatic amines is 1. The molecule has 0 fully saturated rings. The molecule has 10 heteroatoms. The van der Waals surface area contributed by atoms with Crippen molar-refractivity contribution in [3.05, 3.63) is 62.3 Å². The number of halogens is 1. The average Bonchev–Trinajstić information content (AvgIpc) is 3.05. The molecule has 2 aromatic heterocycles. The number of benzene rings is 1. The van der Waals surface area contributed by atoms with Crippen molar-refractivity contribution < 1.29 is 19.8 Å². The molecule has 0 saturated heterocycles. The van der Waals surface area contributed by atoms with E-state index in [-0.39, 0.29) is 16.4 Å². The van der Waals surface area contributed by atoms with Gasteiger partial charge in [-0.05, 0) is 23.6 Å². The van der Waals surface area contributed by atoms with Crippen LogP contribution >= 0.6 is 22.9 Å². The number of nitrogens with one attached hydrogen (secondary N) is 2. The van der Waals surface area contributed by atoms with Crippen LogP contribution < -0.4 is 10.9 Å². The number of aromatic carboxylic acids is 1. The van der Waals surface area contributed by atoms with E-state index in [0.717, 1.165) is 11.3 Å². The van der Waals surface area contributed by atoms with Crippen LogP contribution in [0.4, 0.5) is 5.69 Å². The predicted molar refractivity (Wildman–Crippen MR) is 96.2 cm³/mol. The largest absolute Gasteiger partial charge is 0.501 e. The van der Waals surface area contributed by atoms with Gasteiger partial charge in [-0.2, -0.15) is 0 Å². The quantitative estimate of drug-likeness (QED) is 0.540. The van der Waals surface area contributed by atoms with Crippen LogP contribution in [0.25, 0.3) is 10.7 Å². The number of H-pyrrole nitrogens is 1. The Morgan fingerprint density at radius 1 is 1.23 bits per heavy atom. The lowest BCUT2D eigenvalue weighted by atomic mass is 10.2. The third-order valence-electron chi connectivity index (χ3n) is 3.34. The van der Waals surface area contributed by atoms with Gasteiger partial charge < -0.3 is 20.5 Å². The molecule has 2 heterocycles. The van der Waals surface area contributed by atoms with E-state index in [1.165, 1.54) is 0 Å². The number of nitrogens with zero attached hydrogens (tertiary/aromatic N) is 1. The lowest BCUT2D eigenvalue weighted by molar-refractivity contribution is 0.0686. The fourth-order valence-corrected chi connectivity index (χ4v) is 3.17. The second-order valence-electron chi connectivity index (χ2n) is 5.01. The van der Waals surface area contributed by atoms with Crippen LogP contribution in [0.15, 0.2) is 40.5 Å².